The van der Waals surface area contributed by atoms with Crippen LogP contribution >= 0.6 is 0 Å². The van der Waals surface area contributed by atoms with Crippen LogP contribution in [0.1, 0.15) is 29.5 Å². The van der Waals surface area contributed by atoms with Crippen LogP contribution < -0.4 is 0 Å². The van der Waals surface area contributed by atoms with Crippen LogP contribution in [0.15, 0.2) is 53.3 Å². The van der Waals surface area contributed by atoms with Gasteiger partial charge in [-0.3, -0.25) is 9.88 Å². The minimum absolute atomic E-state index is 0.0127. The van der Waals surface area contributed by atoms with Crippen LogP contribution in [-0.4, -0.2) is 46.3 Å². The van der Waals surface area contributed by atoms with Crippen LogP contribution in [0.3, 0.4) is 0 Å². The fourth-order valence-corrected chi connectivity index (χ4v) is 3.44. The Morgan fingerprint density at radius 3 is 2.93 bits per heavy atom. The van der Waals surface area contributed by atoms with E-state index in [1.165, 1.54) is 11.1 Å². The van der Waals surface area contributed by atoms with E-state index in [9.17, 15) is 0 Å². The molecule has 1 unspecified atom stereocenters. The second kappa shape index (κ2) is 8.41. The molecule has 3 aromatic rings. The number of hydrogen-bond donors (Lipinski definition) is 0. The van der Waals surface area contributed by atoms with Crippen molar-refractivity contribution in [3.05, 3.63) is 65.8 Å². The first-order chi connectivity index (χ1) is 13.3. The highest BCUT2D eigenvalue weighted by atomic mass is 16.5. The molecule has 0 spiro atoms. The zero-order valence-electron chi connectivity index (χ0n) is 15.5. The van der Waals surface area contributed by atoms with Gasteiger partial charge >= 0.3 is 0 Å². The number of aromatic nitrogens is 3. The Kier molecular flexibility index (Phi) is 5.55. The lowest BCUT2D eigenvalue weighted by Crippen LogP contribution is -2.40. The maximum absolute atomic E-state index is 5.69. The molecule has 27 heavy (non-hydrogen) atoms. The number of nitrogens with zero attached hydrogens (tertiary/aromatic N) is 4. The van der Waals surface area contributed by atoms with Gasteiger partial charge in [0.2, 0.25) is 11.7 Å². The molecule has 2 aromatic heterocycles. The van der Waals surface area contributed by atoms with Gasteiger partial charge < -0.3 is 9.26 Å². The van der Waals surface area contributed by atoms with Gasteiger partial charge in [0, 0.05) is 24.5 Å². The maximum Gasteiger partial charge on any atom is 0.246 e. The largest absolute Gasteiger partial charge is 0.378 e. The zero-order valence-corrected chi connectivity index (χ0v) is 15.5. The summed E-state index contributed by atoms with van der Waals surface area (Å²) >= 11 is 0. The van der Waals surface area contributed by atoms with E-state index in [4.69, 9.17) is 9.26 Å². The van der Waals surface area contributed by atoms with Gasteiger partial charge in [0.15, 0.2) is 0 Å². The average Bonchev–Trinajstić information content (AvgIpc) is 3.21. The minimum atomic E-state index is 0.0127. The van der Waals surface area contributed by atoms with E-state index in [1.807, 2.05) is 42.7 Å². The number of benzene rings is 1. The normalized spacial score (nSPS) is 17.9. The predicted molar refractivity (Wildman–Crippen MR) is 102 cm³/mol. The minimum Gasteiger partial charge on any atom is -0.378 e. The molecule has 0 amide bonds. The van der Waals surface area contributed by atoms with Crippen LogP contribution in [0.4, 0.5) is 0 Å². The summed E-state index contributed by atoms with van der Waals surface area (Å²) in [5, 5.41) is 4.16. The molecule has 0 N–H and O–H groups in total. The van der Waals surface area contributed by atoms with Crippen molar-refractivity contribution in [2.24, 2.45) is 0 Å². The Balaban J connectivity index is 1.42. The number of hydrogen-bond acceptors (Lipinski definition) is 6. The van der Waals surface area contributed by atoms with Gasteiger partial charge in [0.1, 0.15) is 6.04 Å². The molecule has 1 aliphatic rings. The summed E-state index contributed by atoms with van der Waals surface area (Å²) in [6.07, 6.45) is 5.89. The fraction of sp³-hybridized carbons (Fsp3) is 0.381. The molecule has 140 valence electrons. The first kappa shape index (κ1) is 17.8. The van der Waals surface area contributed by atoms with Gasteiger partial charge in [-0.15, -0.1) is 0 Å². The Labute approximate surface area is 159 Å². The molecule has 1 fully saturated rings. The lowest BCUT2D eigenvalue weighted by Gasteiger charge is -2.33. The molecular weight excluding hydrogens is 340 g/mol. The van der Waals surface area contributed by atoms with Gasteiger partial charge in [0.05, 0.1) is 13.2 Å². The van der Waals surface area contributed by atoms with Crippen LogP contribution in [0.25, 0.3) is 11.4 Å². The zero-order chi connectivity index (χ0) is 18.5. The number of pyridine rings is 1. The van der Waals surface area contributed by atoms with Crippen molar-refractivity contribution in [1.82, 2.24) is 20.0 Å². The quantitative estimate of drug-likeness (QED) is 0.668. The smallest absolute Gasteiger partial charge is 0.246 e. The molecule has 1 saturated heterocycles. The van der Waals surface area contributed by atoms with Crippen LogP contribution in [0, 0.1) is 6.92 Å². The summed E-state index contributed by atoms with van der Waals surface area (Å²) < 4.78 is 11.3. The number of morpholine rings is 1. The molecule has 0 saturated carbocycles. The molecule has 0 radical (unpaired) electrons. The molecule has 1 aliphatic heterocycles. The number of aryl methyl sites for hydroxylation is 2. The first-order valence-corrected chi connectivity index (χ1v) is 9.41. The molecular formula is C21H24N4O2. The SMILES string of the molecule is Cc1ccncc1CCCN1CCOCC1c1nc(-c2ccccc2)no1. The van der Waals surface area contributed by atoms with Gasteiger partial charge in [-0.2, -0.15) is 4.98 Å². The third kappa shape index (κ3) is 4.23. The summed E-state index contributed by atoms with van der Waals surface area (Å²) in [5.74, 6) is 1.26. The second-order valence-electron chi connectivity index (χ2n) is 6.85. The van der Waals surface area contributed by atoms with Crippen LogP contribution in [0.5, 0.6) is 0 Å². The van der Waals surface area contributed by atoms with Crippen LogP contribution in [0.2, 0.25) is 0 Å². The summed E-state index contributed by atoms with van der Waals surface area (Å²) in [5.41, 5.74) is 3.57. The highest BCUT2D eigenvalue weighted by Gasteiger charge is 2.29. The third-order valence-electron chi connectivity index (χ3n) is 5.04. The van der Waals surface area contributed by atoms with Crippen molar-refractivity contribution in [3.8, 4) is 11.4 Å². The molecule has 3 heterocycles. The van der Waals surface area contributed by atoms with Gasteiger partial charge in [-0.1, -0.05) is 35.5 Å². The molecule has 1 aromatic carbocycles. The Hall–Kier alpha value is -2.57. The number of ether oxygens (including phenoxy) is 1. The van der Waals surface area contributed by atoms with E-state index in [2.05, 4.69) is 33.0 Å². The lowest BCUT2D eigenvalue weighted by atomic mass is 10.1. The highest BCUT2D eigenvalue weighted by Crippen LogP contribution is 2.25. The van der Waals surface area contributed by atoms with E-state index in [-0.39, 0.29) is 6.04 Å². The molecule has 0 bridgehead atoms. The Bertz CT molecular complexity index is 865. The van der Waals surface area contributed by atoms with E-state index in [0.717, 1.165) is 38.1 Å². The Morgan fingerprint density at radius 2 is 2.07 bits per heavy atom. The summed E-state index contributed by atoms with van der Waals surface area (Å²) in [6.45, 7) is 5.30. The molecule has 6 heteroatoms. The van der Waals surface area contributed by atoms with Gasteiger partial charge in [-0.25, -0.2) is 0 Å². The van der Waals surface area contributed by atoms with E-state index in [1.54, 1.807) is 0 Å². The van der Waals surface area contributed by atoms with Gasteiger partial charge in [0.25, 0.3) is 0 Å². The lowest BCUT2D eigenvalue weighted by molar-refractivity contribution is -0.0202. The maximum atomic E-state index is 5.69. The van der Waals surface area contributed by atoms with E-state index < -0.39 is 0 Å². The van der Waals surface area contributed by atoms with Crippen molar-refractivity contribution in [2.45, 2.75) is 25.8 Å². The van der Waals surface area contributed by atoms with Crippen molar-refractivity contribution in [1.29, 1.82) is 0 Å². The molecule has 6 nitrogen and oxygen atoms in total. The monoisotopic (exact) mass is 364 g/mol. The summed E-state index contributed by atoms with van der Waals surface area (Å²) in [6, 6.07) is 12.0. The van der Waals surface area contributed by atoms with Crippen molar-refractivity contribution in [3.63, 3.8) is 0 Å². The summed E-state index contributed by atoms with van der Waals surface area (Å²) in [4.78, 5) is 11.2. The standard InChI is InChI=1S/C21H24N4O2/c1-16-9-10-22-14-18(16)8-5-11-25-12-13-26-15-19(25)21-23-20(24-27-21)17-6-3-2-4-7-17/h2-4,6-7,9-10,14,19H,5,8,11-13,15H2,1H3. The summed E-state index contributed by atoms with van der Waals surface area (Å²) in [7, 11) is 0. The third-order valence-corrected chi connectivity index (χ3v) is 5.04. The van der Waals surface area contributed by atoms with E-state index in [0.29, 0.717) is 18.3 Å². The van der Waals surface area contributed by atoms with Crippen molar-refractivity contribution >= 4 is 0 Å². The molecule has 4 rings (SSSR count). The van der Waals surface area contributed by atoms with Crippen molar-refractivity contribution in [2.75, 3.05) is 26.3 Å². The second-order valence-corrected chi connectivity index (χ2v) is 6.85. The Morgan fingerprint density at radius 1 is 1.19 bits per heavy atom. The van der Waals surface area contributed by atoms with E-state index >= 15 is 0 Å². The fourth-order valence-electron chi connectivity index (χ4n) is 3.44. The topological polar surface area (TPSA) is 64.3 Å². The first-order valence-electron chi connectivity index (χ1n) is 9.41. The average molecular weight is 364 g/mol. The molecule has 0 aliphatic carbocycles. The van der Waals surface area contributed by atoms with Crippen LogP contribution in [-0.2, 0) is 11.2 Å². The predicted octanol–water partition coefficient (Wildman–Crippen LogP) is 3.45. The number of rotatable bonds is 6. The highest BCUT2D eigenvalue weighted by molar-refractivity contribution is 5.53. The van der Waals surface area contributed by atoms with Crippen molar-refractivity contribution < 1.29 is 9.26 Å². The van der Waals surface area contributed by atoms with Gasteiger partial charge in [-0.05, 0) is 43.5 Å². The molecule has 1 atom stereocenters.